The van der Waals surface area contributed by atoms with Crippen molar-refractivity contribution >= 4 is 11.9 Å². The lowest BCUT2D eigenvalue weighted by Gasteiger charge is -2.49. The van der Waals surface area contributed by atoms with Gasteiger partial charge in [0.25, 0.3) is 5.79 Å². The average Bonchev–Trinajstić information content (AvgIpc) is 2.78. The molecule has 0 spiro atoms. The van der Waals surface area contributed by atoms with Crippen molar-refractivity contribution in [2.75, 3.05) is 13.2 Å². The third-order valence-electron chi connectivity index (χ3n) is 5.54. The summed E-state index contributed by atoms with van der Waals surface area (Å²) in [5.41, 5.74) is 0. The van der Waals surface area contributed by atoms with Gasteiger partial charge in [0.1, 0.15) is 42.7 Å². The van der Waals surface area contributed by atoms with Gasteiger partial charge in [-0.3, -0.25) is 4.79 Å². The fourth-order valence-corrected chi connectivity index (χ4v) is 3.67. The van der Waals surface area contributed by atoms with Crippen molar-refractivity contribution in [2.45, 2.75) is 79.5 Å². The zero-order chi connectivity index (χ0) is 26.9. The summed E-state index contributed by atoms with van der Waals surface area (Å²) in [5, 5.41) is 90.0. The Morgan fingerprint density at radius 1 is 1.11 bits per heavy atom. The zero-order valence-corrected chi connectivity index (χ0v) is 17.6. The monoisotopic (exact) mass is 525 g/mol. The molecule has 0 bridgehead atoms. The number of carboxylic acids is 1. The largest absolute Gasteiger partial charge is 0.477 e. The van der Waals surface area contributed by atoms with Gasteiger partial charge in [0, 0.05) is 6.42 Å². The van der Waals surface area contributed by atoms with Crippen LogP contribution in [0.1, 0.15) is 6.42 Å². The Hall–Kier alpha value is -1.71. The molecule has 204 valence electrons. The second-order valence-electron chi connectivity index (χ2n) is 7.96. The summed E-state index contributed by atoms with van der Waals surface area (Å²) in [7, 11) is 0. The summed E-state index contributed by atoms with van der Waals surface area (Å²) in [6.07, 6.45) is -25.9. The lowest BCUT2D eigenvalue weighted by molar-refractivity contribution is -0.366. The molecule has 0 radical (unpaired) electrons. The van der Waals surface area contributed by atoms with E-state index in [4.69, 9.17) is 19.3 Å². The Labute approximate surface area is 193 Å². The maximum Gasteiger partial charge on any atom is 0.471 e. The predicted molar refractivity (Wildman–Crippen MR) is 97.8 cm³/mol. The van der Waals surface area contributed by atoms with Crippen LogP contribution in [0.15, 0.2) is 0 Å². The SMILES string of the molecule is O=C(N[C@H]1[C@H]([C@H](O)[C@H](O)CO)O[C@@](O[C@@H]2[C@@H](O)[C@H](O)O[C@H](CO)[C@@H]2O)(C(=O)O)C[C@@H]1O)C(F)(F)F. The number of carbonyl (C=O) groups is 2. The highest BCUT2D eigenvalue weighted by atomic mass is 19.4. The molecule has 11 atom stereocenters. The van der Waals surface area contributed by atoms with Crippen LogP contribution in [0.3, 0.4) is 0 Å². The average molecular weight is 525 g/mol. The smallest absolute Gasteiger partial charge is 0.471 e. The first-order valence-electron chi connectivity index (χ1n) is 10.0. The molecule has 2 saturated heterocycles. The van der Waals surface area contributed by atoms with Crippen molar-refractivity contribution in [3.63, 3.8) is 0 Å². The molecule has 2 aliphatic rings. The van der Waals surface area contributed by atoms with Gasteiger partial charge in [0.15, 0.2) is 6.29 Å². The maximum atomic E-state index is 12.7. The summed E-state index contributed by atoms with van der Waals surface area (Å²) < 4.78 is 53.3. The van der Waals surface area contributed by atoms with Crippen LogP contribution < -0.4 is 5.32 Å². The Balaban J connectivity index is 2.45. The number of rotatable bonds is 8. The number of ether oxygens (including phenoxy) is 3. The van der Waals surface area contributed by atoms with Gasteiger partial charge in [-0.2, -0.15) is 13.2 Å². The lowest BCUT2D eigenvalue weighted by Crippen LogP contribution is -2.70. The molecule has 10 N–H and O–H groups in total. The molecule has 2 rings (SSSR count). The van der Waals surface area contributed by atoms with E-state index in [9.17, 15) is 63.6 Å². The molecule has 0 aliphatic carbocycles. The molecule has 18 heteroatoms. The first kappa shape index (κ1) is 29.5. The highest BCUT2D eigenvalue weighted by Crippen LogP contribution is 2.37. The summed E-state index contributed by atoms with van der Waals surface area (Å²) in [6.45, 7) is -2.15. The number of nitrogens with one attached hydrogen (secondary N) is 1. The number of aliphatic hydroxyl groups excluding tert-OH is 8. The Morgan fingerprint density at radius 2 is 1.71 bits per heavy atom. The summed E-state index contributed by atoms with van der Waals surface area (Å²) >= 11 is 0. The van der Waals surface area contributed by atoms with Gasteiger partial charge >= 0.3 is 18.1 Å². The second kappa shape index (κ2) is 11.1. The minimum absolute atomic E-state index is 0.941. The third kappa shape index (κ3) is 6.17. The van der Waals surface area contributed by atoms with Crippen LogP contribution in [0.25, 0.3) is 0 Å². The van der Waals surface area contributed by atoms with Crippen molar-refractivity contribution in [1.29, 1.82) is 0 Å². The van der Waals surface area contributed by atoms with E-state index in [1.165, 1.54) is 5.32 Å². The van der Waals surface area contributed by atoms with Crippen molar-refractivity contribution in [3.05, 3.63) is 0 Å². The number of carboxylic acid groups (broad SMARTS) is 1. The number of hydrogen-bond donors (Lipinski definition) is 10. The van der Waals surface area contributed by atoms with Crippen molar-refractivity contribution in [2.24, 2.45) is 0 Å². The molecule has 0 unspecified atom stereocenters. The van der Waals surface area contributed by atoms with E-state index in [-0.39, 0.29) is 0 Å². The normalized spacial score (nSPS) is 40.1. The maximum absolute atomic E-state index is 12.7. The molecular weight excluding hydrogens is 499 g/mol. The second-order valence-corrected chi connectivity index (χ2v) is 7.96. The van der Waals surface area contributed by atoms with E-state index in [0.717, 1.165) is 0 Å². The van der Waals surface area contributed by atoms with Crippen molar-refractivity contribution in [3.8, 4) is 0 Å². The van der Waals surface area contributed by atoms with Gasteiger partial charge in [-0.15, -0.1) is 0 Å². The Morgan fingerprint density at radius 3 is 2.20 bits per heavy atom. The standard InChI is InChI=1S/C17H26F3NO14/c18-17(19,20)14(30)21-7-4(24)1-16(15(31)32,34-11(7)8(26)5(25)2-22)35-12-9(27)6(3-23)33-13(29)10(12)28/h4-13,22-29H,1-3H2,(H,21,30)(H,31,32)/t4-,5+,6+,7+,8+,9-,10+,11+,12-,13+,16-/m0/s1. The van der Waals surface area contributed by atoms with Gasteiger partial charge < -0.3 is 65.5 Å². The molecule has 0 aromatic heterocycles. The van der Waals surface area contributed by atoms with Gasteiger partial charge in [-0.1, -0.05) is 0 Å². The van der Waals surface area contributed by atoms with Crippen LogP contribution >= 0.6 is 0 Å². The van der Waals surface area contributed by atoms with E-state index in [2.05, 4.69) is 0 Å². The minimum Gasteiger partial charge on any atom is -0.477 e. The number of alkyl halides is 3. The van der Waals surface area contributed by atoms with Crippen LogP contribution in [-0.4, -0.2) is 144 Å². The first-order chi connectivity index (χ1) is 16.1. The number of aliphatic carboxylic acids is 1. The number of amides is 1. The summed E-state index contributed by atoms with van der Waals surface area (Å²) in [6, 6.07) is -2.20. The van der Waals surface area contributed by atoms with E-state index < -0.39 is 105 Å². The quantitative estimate of drug-likeness (QED) is 0.142. The Kier molecular flexibility index (Phi) is 9.39. The van der Waals surface area contributed by atoms with Crippen LogP contribution in [-0.2, 0) is 23.8 Å². The first-order valence-corrected chi connectivity index (χ1v) is 10.0. The van der Waals surface area contributed by atoms with Crippen molar-refractivity contribution < 1.29 is 82.9 Å². The number of carbonyl (C=O) groups excluding carboxylic acids is 1. The molecule has 0 aromatic rings. The molecule has 0 saturated carbocycles. The van der Waals surface area contributed by atoms with Crippen LogP contribution in [0.2, 0.25) is 0 Å². The number of halogens is 3. The zero-order valence-electron chi connectivity index (χ0n) is 17.6. The predicted octanol–water partition coefficient (Wildman–Crippen LogP) is -5.51. The molecule has 15 nitrogen and oxygen atoms in total. The molecule has 2 heterocycles. The Bertz CT molecular complexity index is 758. The fourth-order valence-electron chi connectivity index (χ4n) is 3.67. The molecular formula is C17H26F3NO14. The summed E-state index contributed by atoms with van der Waals surface area (Å²) in [4.78, 5) is 23.5. The number of aliphatic hydroxyl groups is 8. The van der Waals surface area contributed by atoms with Gasteiger partial charge in [0.2, 0.25) is 0 Å². The number of hydrogen-bond acceptors (Lipinski definition) is 13. The molecule has 1 amide bonds. The van der Waals surface area contributed by atoms with Crippen LogP contribution in [0.5, 0.6) is 0 Å². The molecule has 35 heavy (non-hydrogen) atoms. The van der Waals surface area contributed by atoms with Gasteiger partial charge in [-0.25, -0.2) is 4.79 Å². The van der Waals surface area contributed by atoms with E-state index in [1.807, 2.05) is 0 Å². The van der Waals surface area contributed by atoms with E-state index in [0.29, 0.717) is 0 Å². The highest BCUT2D eigenvalue weighted by molar-refractivity contribution is 5.82. The van der Waals surface area contributed by atoms with Crippen molar-refractivity contribution in [1.82, 2.24) is 5.32 Å². The van der Waals surface area contributed by atoms with E-state index >= 15 is 0 Å². The molecule has 0 aromatic carbocycles. The van der Waals surface area contributed by atoms with Crippen LogP contribution in [0, 0.1) is 0 Å². The summed E-state index contributed by atoms with van der Waals surface area (Å²) in [5.74, 6) is -7.88. The molecule has 2 fully saturated rings. The minimum atomic E-state index is -5.48. The van der Waals surface area contributed by atoms with Gasteiger partial charge in [0.05, 0.1) is 25.4 Å². The molecule has 2 aliphatic heterocycles. The lowest BCUT2D eigenvalue weighted by atomic mass is 9.88. The fraction of sp³-hybridized carbons (Fsp3) is 0.882. The third-order valence-corrected chi connectivity index (χ3v) is 5.54. The van der Waals surface area contributed by atoms with Gasteiger partial charge in [-0.05, 0) is 0 Å². The van der Waals surface area contributed by atoms with Crippen LogP contribution in [0.4, 0.5) is 13.2 Å². The highest BCUT2D eigenvalue weighted by Gasteiger charge is 2.60. The topological polar surface area (TPSA) is 256 Å². The van der Waals surface area contributed by atoms with E-state index in [1.54, 1.807) is 0 Å².